The molecule has 0 spiro atoms. The monoisotopic (exact) mass is 198 g/mol. The molecule has 0 N–H and O–H groups in total. The largest absolute Gasteiger partial charge is 0.379 e. The first kappa shape index (κ1) is 9.31. The summed E-state index contributed by atoms with van der Waals surface area (Å²) in [5, 5.41) is 4.07. The average Bonchev–Trinajstić information content (AvgIpc) is 1.85. The normalized spacial score (nSPS) is 8.78. The van der Waals surface area contributed by atoms with Crippen molar-refractivity contribution in [2.45, 2.75) is 13.8 Å². The number of nitrogens with zero attached hydrogens (tertiary/aromatic N) is 2. The zero-order chi connectivity index (χ0) is 6.15. The number of aromatic nitrogens is 2. The van der Waals surface area contributed by atoms with Crippen LogP contribution in [-0.4, -0.2) is 9.78 Å². The Morgan fingerprint density at radius 2 is 2.00 bits per heavy atom. The second-order valence-corrected chi connectivity index (χ2v) is 1.95. The molecule has 0 amide bonds. The summed E-state index contributed by atoms with van der Waals surface area (Å²) in [7, 11) is 1.88. The molecular weight excluding hydrogens is 189 g/mol. The number of aryl methyl sites for hydroxylation is 3. The van der Waals surface area contributed by atoms with Crippen molar-refractivity contribution in [2.75, 3.05) is 0 Å². The first-order valence-corrected chi connectivity index (χ1v) is 2.59. The molecule has 0 aromatic carbocycles. The Morgan fingerprint density at radius 3 is 2.11 bits per heavy atom. The van der Waals surface area contributed by atoms with E-state index in [1.807, 2.05) is 20.9 Å². The SMILES string of the molecule is Cc1[c-]n(C)nc1C.[Y]. The van der Waals surface area contributed by atoms with E-state index in [-0.39, 0.29) is 32.7 Å². The van der Waals surface area contributed by atoms with Gasteiger partial charge in [-0.05, 0) is 0 Å². The third-order valence-electron chi connectivity index (χ3n) is 1.17. The van der Waals surface area contributed by atoms with Crippen molar-refractivity contribution >= 4 is 0 Å². The van der Waals surface area contributed by atoms with Gasteiger partial charge in [0.25, 0.3) is 0 Å². The molecule has 1 heterocycles. The average molecular weight is 198 g/mol. The molecule has 1 aromatic heterocycles. The topological polar surface area (TPSA) is 17.8 Å². The molecule has 0 aliphatic carbocycles. The molecule has 0 saturated heterocycles. The van der Waals surface area contributed by atoms with E-state index >= 15 is 0 Å². The van der Waals surface area contributed by atoms with Crippen LogP contribution in [0.2, 0.25) is 0 Å². The van der Waals surface area contributed by atoms with E-state index in [4.69, 9.17) is 0 Å². The van der Waals surface area contributed by atoms with Gasteiger partial charge in [-0.15, -0.1) is 6.20 Å². The second kappa shape index (κ2) is 3.47. The molecule has 1 radical (unpaired) electrons. The minimum atomic E-state index is 0. The maximum Gasteiger partial charge on any atom is 0.00776 e. The summed E-state index contributed by atoms with van der Waals surface area (Å²) in [4.78, 5) is 0. The van der Waals surface area contributed by atoms with Crippen LogP contribution in [-0.2, 0) is 39.8 Å². The number of rotatable bonds is 0. The van der Waals surface area contributed by atoms with Crippen LogP contribution < -0.4 is 0 Å². The van der Waals surface area contributed by atoms with Crippen molar-refractivity contribution in [2.24, 2.45) is 7.05 Å². The van der Waals surface area contributed by atoms with Crippen LogP contribution in [0.15, 0.2) is 0 Å². The van der Waals surface area contributed by atoms with Gasteiger partial charge in [0.1, 0.15) is 0 Å². The first-order valence-electron chi connectivity index (χ1n) is 2.59. The van der Waals surface area contributed by atoms with Gasteiger partial charge in [0.15, 0.2) is 0 Å². The van der Waals surface area contributed by atoms with Gasteiger partial charge in [0.05, 0.1) is 0 Å². The van der Waals surface area contributed by atoms with E-state index in [0.29, 0.717) is 0 Å². The summed E-state index contributed by atoms with van der Waals surface area (Å²) in [6.07, 6.45) is 3.01. The molecule has 9 heavy (non-hydrogen) atoms. The maximum atomic E-state index is 4.07. The molecule has 0 saturated carbocycles. The Hall–Kier alpha value is 0.314. The van der Waals surface area contributed by atoms with E-state index < -0.39 is 0 Å². The molecule has 1 rings (SSSR count). The quantitative estimate of drug-likeness (QED) is 0.564. The van der Waals surface area contributed by atoms with Gasteiger partial charge in [0, 0.05) is 39.8 Å². The molecule has 47 valence electrons. The summed E-state index contributed by atoms with van der Waals surface area (Å²) in [6, 6.07) is 0. The van der Waals surface area contributed by atoms with E-state index in [0.717, 1.165) is 11.3 Å². The predicted octanol–water partition coefficient (Wildman–Crippen LogP) is 0.835. The summed E-state index contributed by atoms with van der Waals surface area (Å²) in [5.74, 6) is 0. The van der Waals surface area contributed by atoms with Crippen molar-refractivity contribution in [3.05, 3.63) is 17.5 Å². The third kappa shape index (κ3) is 2.19. The Labute approximate surface area is 80.5 Å². The number of hydrogen-bond acceptors (Lipinski definition) is 1. The fourth-order valence-corrected chi connectivity index (χ4v) is 0.649. The standard InChI is InChI=1S/C6H9N2.Y/c1-5-4-8(3)7-6(5)2;/h1-3H3;/q-1;. The van der Waals surface area contributed by atoms with Crippen LogP contribution >= 0.6 is 0 Å². The van der Waals surface area contributed by atoms with E-state index in [9.17, 15) is 0 Å². The zero-order valence-electron chi connectivity index (χ0n) is 5.97. The van der Waals surface area contributed by atoms with Crippen LogP contribution in [0.3, 0.4) is 0 Å². The minimum Gasteiger partial charge on any atom is -0.379 e. The minimum absolute atomic E-state index is 0. The second-order valence-electron chi connectivity index (χ2n) is 1.95. The van der Waals surface area contributed by atoms with Crippen molar-refractivity contribution in [3.63, 3.8) is 0 Å². The Balaban J connectivity index is 0.000000640. The van der Waals surface area contributed by atoms with Crippen LogP contribution in [0.25, 0.3) is 0 Å². The summed E-state index contributed by atoms with van der Waals surface area (Å²) in [5.41, 5.74) is 2.19. The zero-order valence-corrected chi connectivity index (χ0v) is 8.81. The van der Waals surface area contributed by atoms with Crippen molar-refractivity contribution in [3.8, 4) is 0 Å². The van der Waals surface area contributed by atoms with Gasteiger partial charge in [-0.2, -0.15) is 5.56 Å². The Morgan fingerprint density at radius 1 is 1.44 bits per heavy atom. The van der Waals surface area contributed by atoms with Crippen molar-refractivity contribution < 1.29 is 32.7 Å². The van der Waals surface area contributed by atoms with Crippen LogP contribution in [0.5, 0.6) is 0 Å². The molecule has 0 bridgehead atoms. The molecular formula is C6H9N2Y-. The smallest absolute Gasteiger partial charge is 0.00776 e. The van der Waals surface area contributed by atoms with E-state index in [1.165, 1.54) is 0 Å². The van der Waals surface area contributed by atoms with Gasteiger partial charge in [-0.3, -0.25) is 5.10 Å². The number of hydrogen-bond donors (Lipinski definition) is 0. The molecule has 0 aliphatic rings. The van der Waals surface area contributed by atoms with Gasteiger partial charge in [-0.25, -0.2) is 0 Å². The van der Waals surface area contributed by atoms with Gasteiger partial charge in [0.2, 0.25) is 0 Å². The van der Waals surface area contributed by atoms with Crippen LogP contribution in [0.4, 0.5) is 0 Å². The summed E-state index contributed by atoms with van der Waals surface area (Å²) < 4.78 is 1.70. The summed E-state index contributed by atoms with van der Waals surface area (Å²) >= 11 is 0. The Kier molecular flexibility index (Phi) is 3.60. The molecule has 1 aromatic rings. The van der Waals surface area contributed by atoms with Crippen LogP contribution in [0.1, 0.15) is 11.3 Å². The van der Waals surface area contributed by atoms with Gasteiger partial charge < -0.3 is 4.68 Å². The van der Waals surface area contributed by atoms with E-state index in [1.54, 1.807) is 4.68 Å². The molecule has 0 atom stereocenters. The Bertz CT molecular complexity index is 173. The van der Waals surface area contributed by atoms with E-state index in [2.05, 4.69) is 11.3 Å². The summed E-state index contributed by atoms with van der Waals surface area (Å²) in [6.45, 7) is 3.98. The van der Waals surface area contributed by atoms with Gasteiger partial charge in [-0.1, -0.05) is 19.5 Å². The van der Waals surface area contributed by atoms with Crippen LogP contribution in [0, 0.1) is 20.0 Å². The fourth-order valence-electron chi connectivity index (χ4n) is 0.649. The molecule has 2 nitrogen and oxygen atoms in total. The van der Waals surface area contributed by atoms with Crippen molar-refractivity contribution in [1.29, 1.82) is 0 Å². The molecule has 3 heteroatoms. The van der Waals surface area contributed by atoms with Crippen molar-refractivity contribution in [1.82, 2.24) is 9.78 Å². The first-order chi connectivity index (χ1) is 3.70. The molecule has 0 fully saturated rings. The van der Waals surface area contributed by atoms with Gasteiger partial charge >= 0.3 is 0 Å². The predicted molar refractivity (Wildman–Crippen MR) is 31.5 cm³/mol. The maximum absolute atomic E-state index is 4.07. The molecule has 0 aliphatic heterocycles. The fraction of sp³-hybridized carbons (Fsp3) is 0.500. The third-order valence-corrected chi connectivity index (χ3v) is 1.17. The molecule has 0 unspecified atom stereocenters.